The third-order valence-corrected chi connectivity index (χ3v) is 4.61. The number of hydrogen-bond donors (Lipinski definition) is 1. The van der Waals surface area contributed by atoms with Gasteiger partial charge in [0, 0.05) is 43.0 Å². The molecule has 2 N–H and O–H groups in total. The Bertz CT molecular complexity index is 866. The molecule has 8 heteroatoms. The summed E-state index contributed by atoms with van der Waals surface area (Å²) in [5.74, 6) is 1.11. The first-order valence-corrected chi connectivity index (χ1v) is 8.45. The van der Waals surface area contributed by atoms with Crippen molar-refractivity contribution in [2.75, 3.05) is 38.7 Å². The number of amides is 2. The van der Waals surface area contributed by atoms with Crippen LogP contribution >= 0.6 is 12.4 Å². The van der Waals surface area contributed by atoms with E-state index in [-0.39, 0.29) is 31.0 Å². The molecule has 142 valence electrons. The topological polar surface area (TPSA) is 85.1 Å². The molecule has 0 unspecified atom stereocenters. The summed E-state index contributed by atoms with van der Waals surface area (Å²) in [6.07, 6.45) is 0. The van der Waals surface area contributed by atoms with E-state index in [1.165, 1.54) is 0 Å². The second-order valence-electron chi connectivity index (χ2n) is 6.28. The summed E-state index contributed by atoms with van der Waals surface area (Å²) >= 11 is 0. The first-order valence-electron chi connectivity index (χ1n) is 8.45. The van der Waals surface area contributed by atoms with Crippen LogP contribution in [0.4, 0.5) is 5.69 Å². The molecule has 4 rings (SSSR count). The Labute approximate surface area is 163 Å². The van der Waals surface area contributed by atoms with E-state index in [1.807, 2.05) is 0 Å². The number of anilines is 1. The van der Waals surface area contributed by atoms with Gasteiger partial charge in [0.1, 0.15) is 0 Å². The molecule has 0 bridgehead atoms. The van der Waals surface area contributed by atoms with E-state index >= 15 is 0 Å². The van der Waals surface area contributed by atoms with E-state index < -0.39 is 0 Å². The Balaban J connectivity index is 0.00000210. The van der Waals surface area contributed by atoms with Gasteiger partial charge in [-0.05, 0) is 36.4 Å². The van der Waals surface area contributed by atoms with E-state index in [9.17, 15) is 9.59 Å². The zero-order valence-electron chi connectivity index (χ0n) is 14.6. The molecule has 0 saturated carbocycles. The fraction of sp³-hybridized carbons (Fsp3) is 0.263. The largest absolute Gasteiger partial charge is 0.454 e. The lowest BCUT2D eigenvalue weighted by Gasteiger charge is -2.35. The lowest BCUT2D eigenvalue weighted by molar-refractivity contribution is 0.0535. The molecule has 2 aromatic carbocycles. The highest BCUT2D eigenvalue weighted by Crippen LogP contribution is 2.32. The van der Waals surface area contributed by atoms with Gasteiger partial charge in [0.2, 0.25) is 6.79 Å². The lowest BCUT2D eigenvalue weighted by atomic mass is 10.1. The molecule has 27 heavy (non-hydrogen) atoms. The predicted molar refractivity (Wildman–Crippen MR) is 102 cm³/mol. The second kappa shape index (κ2) is 7.75. The third-order valence-electron chi connectivity index (χ3n) is 4.61. The Morgan fingerprint density at radius 2 is 1.41 bits per heavy atom. The number of ether oxygens (including phenoxy) is 2. The lowest BCUT2D eigenvalue weighted by Crippen LogP contribution is -2.50. The van der Waals surface area contributed by atoms with Crippen LogP contribution in [0.3, 0.4) is 0 Å². The molecule has 0 aromatic heterocycles. The first-order chi connectivity index (χ1) is 12.6. The monoisotopic (exact) mass is 389 g/mol. The number of carbonyl (C=O) groups excluding carboxylic acids is 2. The van der Waals surface area contributed by atoms with Crippen LogP contribution in [0.5, 0.6) is 11.5 Å². The molecule has 2 aliphatic heterocycles. The average molecular weight is 390 g/mol. The summed E-state index contributed by atoms with van der Waals surface area (Å²) in [5, 5.41) is 0. The smallest absolute Gasteiger partial charge is 0.254 e. The second-order valence-corrected chi connectivity index (χ2v) is 6.28. The Hall–Kier alpha value is -2.93. The predicted octanol–water partition coefficient (Wildman–Crippen LogP) is 2.02. The maximum absolute atomic E-state index is 12.7. The van der Waals surface area contributed by atoms with Gasteiger partial charge >= 0.3 is 0 Å². The molecule has 2 aromatic rings. The van der Waals surface area contributed by atoms with Crippen LogP contribution in [0.1, 0.15) is 20.7 Å². The third kappa shape index (κ3) is 3.78. The number of benzene rings is 2. The number of halogens is 1. The minimum absolute atomic E-state index is 0. The molecule has 2 heterocycles. The SMILES string of the molecule is Cl.Nc1cccc(C(=O)N2CCN(C(=O)c3ccc4c(c3)OCO4)CC2)c1. The van der Waals surface area contributed by atoms with Crippen LogP contribution < -0.4 is 15.2 Å². The molecule has 2 aliphatic rings. The van der Waals surface area contributed by atoms with Crippen LogP contribution in [-0.2, 0) is 0 Å². The number of nitrogens with two attached hydrogens (primary N) is 1. The Morgan fingerprint density at radius 3 is 2.04 bits per heavy atom. The van der Waals surface area contributed by atoms with Gasteiger partial charge in [-0.2, -0.15) is 0 Å². The summed E-state index contributed by atoms with van der Waals surface area (Å²) in [5.41, 5.74) is 7.44. The van der Waals surface area contributed by atoms with Crippen LogP contribution in [0.25, 0.3) is 0 Å². The fourth-order valence-electron chi connectivity index (χ4n) is 3.18. The van der Waals surface area contributed by atoms with E-state index in [1.54, 1.807) is 52.3 Å². The molecule has 1 saturated heterocycles. The molecule has 0 radical (unpaired) electrons. The van der Waals surface area contributed by atoms with Crippen molar-refractivity contribution in [3.63, 3.8) is 0 Å². The van der Waals surface area contributed by atoms with Gasteiger partial charge in [0.15, 0.2) is 11.5 Å². The molecular formula is C19H20ClN3O4. The maximum Gasteiger partial charge on any atom is 0.254 e. The van der Waals surface area contributed by atoms with Gasteiger partial charge in [-0.1, -0.05) is 6.07 Å². The number of nitrogens with zero attached hydrogens (tertiary/aromatic N) is 2. The molecule has 0 aliphatic carbocycles. The number of fused-ring (bicyclic) bond motifs is 1. The van der Waals surface area contributed by atoms with Crippen molar-refractivity contribution in [1.29, 1.82) is 0 Å². The van der Waals surface area contributed by atoms with Crippen molar-refractivity contribution in [2.24, 2.45) is 0 Å². The Kier molecular flexibility index (Phi) is 5.41. The van der Waals surface area contributed by atoms with Crippen molar-refractivity contribution < 1.29 is 19.1 Å². The summed E-state index contributed by atoms with van der Waals surface area (Å²) in [6.45, 7) is 2.13. The van der Waals surface area contributed by atoms with Crippen molar-refractivity contribution >= 4 is 29.9 Å². The van der Waals surface area contributed by atoms with E-state index in [4.69, 9.17) is 15.2 Å². The van der Waals surface area contributed by atoms with E-state index in [0.717, 1.165) is 0 Å². The average Bonchev–Trinajstić information content (AvgIpc) is 3.15. The number of rotatable bonds is 2. The van der Waals surface area contributed by atoms with Crippen LogP contribution in [0.2, 0.25) is 0 Å². The number of hydrogen-bond acceptors (Lipinski definition) is 5. The number of piperazine rings is 1. The highest BCUT2D eigenvalue weighted by molar-refractivity contribution is 5.96. The van der Waals surface area contributed by atoms with Gasteiger partial charge in [-0.3, -0.25) is 9.59 Å². The number of nitrogen functional groups attached to an aromatic ring is 1. The van der Waals surface area contributed by atoms with Crippen LogP contribution in [0.15, 0.2) is 42.5 Å². The van der Waals surface area contributed by atoms with Gasteiger partial charge in [0.25, 0.3) is 11.8 Å². The molecule has 7 nitrogen and oxygen atoms in total. The zero-order chi connectivity index (χ0) is 18.1. The first kappa shape index (κ1) is 18.8. The minimum Gasteiger partial charge on any atom is -0.454 e. The summed E-state index contributed by atoms with van der Waals surface area (Å²) in [6, 6.07) is 12.1. The van der Waals surface area contributed by atoms with Gasteiger partial charge in [-0.25, -0.2) is 0 Å². The van der Waals surface area contributed by atoms with Gasteiger partial charge < -0.3 is 25.0 Å². The van der Waals surface area contributed by atoms with Crippen LogP contribution in [-0.4, -0.2) is 54.6 Å². The standard InChI is InChI=1S/C19H19N3O4.ClH/c20-15-3-1-2-13(10-15)18(23)21-6-8-22(9-7-21)19(24)14-4-5-16-17(11-14)26-12-25-16;/h1-5,10-11H,6-9,12,20H2;1H. The highest BCUT2D eigenvalue weighted by Gasteiger charge is 2.26. The fourth-order valence-corrected chi connectivity index (χ4v) is 3.18. The normalized spacial score (nSPS) is 15.3. The van der Waals surface area contributed by atoms with E-state index in [2.05, 4.69) is 0 Å². The minimum atomic E-state index is -0.0700. The van der Waals surface area contributed by atoms with Crippen molar-refractivity contribution in [2.45, 2.75) is 0 Å². The summed E-state index contributed by atoms with van der Waals surface area (Å²) in [4.78, 5) is 28.8. The molecule has 1 fully saturated rings. The molecular weight excluding hydrogens is 370 g/mol. The summed E-state index contributed by atoms with van der Waals surface area (Å²) in [7, 11) is 0. The van der Waals surface area contributed by atoms with Crippen molar-refractivity contribution in [1.82, 2.24) is 9.80 Å². The highest BCUT2D eigenvalue weighted by atomic mass is 35.5. The zero-order valence-corrected chi connectivity index (χ0v) is 15.4. The molecule has 0 spiro atoms. The van der Waals surface area contributed by atoms with E-state index in [0.29, 0.717) is 54.5 Å². The van der Waals surface area contributed by atoms with Gasteiger partial charge in [-0.15, -0.1) is 12.4 Å². The van der Waals surface area contributed by atoms with Crippen LogP contribution in [0, 0.1) is 0 Å². The maximum atomic E-state index is 12.7. The van der Waals surface area contributed by atoms with Crippen molar-refractivity contribution in [3.05, 3.63) is 53.6 Å². The van der Waals surface area contributed by atoms with Gasteiger partial charge in [0.05, 0.1) is 0 Å². The Morgan fingerprint density at radius 1 is 0.815 bits per heavy atom. The molecule has 2 amide bonds. The number of carbonyl (C=O) groups is 2. The quantitative estimate of drug-likeness (QED) is 0.794. The van der Waals surface area contributed by atoms with Crippen molar-refractivity contribution in [3.8, 4) is 11.5 Å². The summed E-state index contributed by atoms with van der Waals surface area (Å²) < 4.78 is 10.6. The molecule has 0 atom stereocenters.